The summed E-state index contributed by atoms with van der Waals surface area (Å²) in [5, 5.41) is 2.84. The van der Waals surface area contributed by atoms with Crippen LogP contribution in [0.2, 0.25) is 0 Å². The van der Waals surface area contributed by atoms with Gasteiger partial charge in [-0.15, -0.1) is 0 Å². The zero-order valence-electron chi connectivity index (χ0n) is 14.9. The van der Waals surface area contributed by atoms with Crippen molar-refractivity contribution in [2.45, 2.75) is 6.54 Å². The van der Waals surface area contributed by atoms with E-state index in [1.807, 2.05) is 47.0 Å². The van der Waals surface area contributed by atoms with Gasteiger partial charge in [-0.25, -0.2) is 9.37 Å². The Morgan fingerprint density at radius 2 is 1.82 bits per heavy atom. The van der Waals surface area contributed by atoms with E-state index in [-0.39, 0.29) is 12.5 Å². The lowest BCUT2D eigenvalue weighted by Gasteiger charge is -2.10. The number of benzene rings is 2. The van der Waals surface area contributed by atoms with Crippen molar-refractivity contribution in [1.82, 2.24) is 14.5 Å². The van der Waals surface area contributed by atoms with Crippen LogP contribution >= 0.6 is 0 Å². The number of carbonyl (C=O) groups excluding carboxylic acids is 1. The lowest BCUT2D eigenvalue weighted by atomic mass is 10.3. The number of anilines is 1. The molecule has 0 aliphatic heterocycles. The summed E-state index contributed by atoms with van der Waals surface area (Å²) in [5.41, 5.74) is 2.94. The molecule has 6 nitrogen and oxygen atoms in total. The van der Waals surface area contributed by atoms with Crippen LogP contribution in [-0.2, 0) is 11.3 Å². The number of fused-ring (bicyclic) bond motifs is 1. The molecule has 0 bridgehead atoms. The van der Waals surface area contributed by atoms with Gasteiger partial charge < -0.3 is 14.6 Å². The average molecular weight is 376 g/mol. The van der Waals surface area contributed by atoms with Gasteiger partial charge in [-0.1, -0.05) is 18.2 Å². The molecule has 7 heteroatoms. The van der Waals surface area contributed by atoms with Gasteiger partial charge in [-0.05, 0) is 48.5 Å². The van der Waals surface area contributed by atoms with Gasteiger partial charge in [0.15, 0.2) is 5.82 Å². The molecule has 140 valence electrons. The van der Waals surface area contributed by atoms with Crippen LogP contribution in [0.15, 0.2) is 72.9 Å². The van der Waals surface area contributed by atoms with E-state index in [4.69, 9.17) is 4.74 Å². The Morgan fingerprint density at radius 3 is 2.57 bits per heavy atom. The number of aromatic nitrogens is 3. The number of amides is 1. The molecule has 1 N–H and O–H groups in total. The van der Waals surface area contributed by atoms with Gasteiger partial charge in [0, 0.05) is 11.9 Å². The Hall–Kier alpha value is -3.74. The van der Waals surface area contributed by atoms with Gasteiger partial charge in [-0.2, -0.15) is 0 Å². The molecule has 0 aliphatic carbocycles. The second-order valence-corrected chi connectivity index (χ2v) is 6.05. The van der Waals surface area contributed by atoms with Gasteiger partial charge >= 0.3 is 0 Å². The number of carbonyl (C=O) groups is 1. The zero-order chi connectivity index (χ0) is 19.3. The van der Waals surface area contributed by atoms with Crippen LogP contribution in [0.1, 0.15) is 0 Å². The predicted molar refractivity (Wildman–Crippen MR) is 105 cm³/mol. The van der Waals surface area contributed by atoms with Gasteiger partial charge in [-0.3, -0.25) is 9.78 Å². The van der Waals surface area contributed by atoms with Crippen molar-refractivity contribution in [3.63, 3.8) is 0 Å². The Labute approximate surface area is 160 Å². The van der Waals surface area contributed by atoms with Crippen LogP contribution < -0.4 is 10.1 Å². The van der Waals surface area contributed by atoms with E-state index in [9.17, 15) is 9.18 Å². The van der Waals surface area contributed by atoms with E-state index in [1.165, 1.54) is 0 Å². The Morgan fingerprint density at radius 1 is 1.04 bits per heavy atom. The summed E-state index contributed by atoms with van der Waals surface area (Å²) in [6, 6.07) is 19.7. The zero-order valence-corrected chi connectivity index (χ0v) is 14.9. The molecule has 2 aromatic heterocycles. The van der Waals surface area contributed by atoms with Crippen molar-refractivity contribution < 1.29 is 13.9 Å². The number of rotatable bonds is 6. The van der Waals surface area contributed by atoms with Crippen molar-refractivity contribution in [3.05, 3.63) is 72.9 Å². The van der Waals surface area contributed by atoms with E-state index in [2.05, 4.69) is 15.3 Å². The van der Waals surface area contributed by atoms with Crippen molar-refractivity contribution >= 4 is 22.6 Å². The fourth-order valence-electron chi connectivity index (χ4n) is 2.97. The number of hydrogen-bond acceptors (Lipinski definition) is 4. The number of imidazole rings is 1. The summed E-state index contributed by atoms with van der Waals surface area (Å²) in [5.74, 6) is 0.821. The third-order valence-electron chi connectivity index (χ3n) is 4.21. The molecule has 0 fully saturated rings. The Kier molecular flexibility index (Phi) is 4.97. The maximum Gasteiger partial charge on any atom is 0.244 e. The van der Waals surface area contributed by atoms with Crippen molar-refractivity contribution in [2.24, 2.45) is 0 Å². The monoisotopic (exact) mass is 376 g/mol. The third kappa shape index (κ3) is 3.68. The minimum atomic E-state index is -0.893. The number of alkyl halides is 1. The Balaban J connectivity index is 1.61. The molecule has 0 atom stereocenters. The standard InChI is InChI=1S/C21H17FN4O2/c22-14-28-16-10-8-15(9-11-16)24-20(27)13-26-19-7-2-1-5-17(19)25-21(26)18-6-3-4-12-23-18/h1-12H,13-14H2,(H,24,27). The van der Waals surface area contributed by atoms with Crippen LogP contribution in [0.3, 0.4) is 0 Å². The number of ether oxygens (including phenoxy) is 1. The number of halogens is 1. The predicted octanol–water partition coefficient (Wildman–Crippen LogP) is 4.04. The van der Waals surface area contributed by atoms with Crippen molar-refractivity contribution in [2.75, 3.05) is 12.2 Å². The molecule has 0 spiro atoms. The molecular weight excluding hydrogens is 359 g/mol. The molecule has 2 heterocycles. The smallest absolute Gasteiger partial charge is 0.244 e. The second kappa shape index (κ2) is 7.87. The summed E-state index contributed by atoms with van der Waals surface area (Å²) < 4.78 is 18.8. The molecule has 0 radical (unpaired) electrons. The van der Waals surface area contributed by atoms with E-state index in [0.29, 0.717) is 23.0 Å². The topological polar surface area (TPSA) is 69.0 Å². The van der Waals surface area contributed by atoms with Crippen molar-refractivity contribution in [1.29, 1.82) is 0 Å². The highest BCUT2D eigenvalue weighted by atomic mass is 19.1. The van der Waals surface area contributed by atoms with Gasteiger partial charge in [0.25, 0.3) is 0 Å². The molecule has 4 rings (SSSR count). The maximum atomic E-state index is 12.6. The maximum absolute atomic E-state index is 12.6. The summed E-state index contributed by atoms with van der Waals surface area (Å²) in [6.07, 6.45) is 1.69. The van der Waals surface area contributed by atoms with E-state index in [1.54, 1.807) is 30.5 Å². The van der Waals surface area contributed by atoms with Crippen LogP contribution in [-0.4, -0.2) is 27.3 Å². The lowest BCUT2D eigenvalue weighted by Crippen LogP contribution is -2.19. The fourth-order valence-corrected chi connectivity index (χ4v) is 2.97. The first-order valence-corrected chi connectivity index (χ1v) is 8.70. The highest BCUT2D eigenvalue weighted by molar-refractivity contribution is 5.92. The number of hydrogen-bond donors (Lipinski definition) is 1. The van der Waals surface area contributed by atoms with E-state index in [0.717, 1.165) is 11.0 Å². The van der Waals surface area contributed by atoms with E-state index >= 15 is 0 Å². The quantitative estimate of drug-likeness (QED) is 0.551. The SMILES string of the molecule is O=C(Cn1c(-c2ccccn2)nc2ccccc21)Nc1ccc(OCF)cc1. The van der Waals surface area contributed by atoms with Gasteiger partial charge in [0.2, 0.25) is 12.8 Å². The summed E-state index contributed by atoms with van der Waals surface area (Å²) in [6.45, 7) is -0.815. The average Bonchev–Trinajstić information content (AvgIpc) is 3.09. The molecule has 0 saturated heterocycles. The molecule has 28 heavy (non-hydrogen) atoms. The summed E-state index contributed by atoms with van der Waals surface area (Å²) in [7, 11) is 0. The highest BCUT2D eigenvalue weighted by Gasteiger charge is 2.16. The molecule has 0 unspecified atom stereocenters. The minimum absolute atomic E-state index is 0.0785. The van der Waals surface area contributed by atoms with Crippen LogP contribution in [0.5, 0.6) is 5.75 Å². The van der Waals surface area contributed by atoms with Gasteiger partial charge in [0.1, 0.15) is 18.0 Å². The summed E-state index contributed by atoms with van der Waals surface area (Å²) in [4.78, 5) is 21.7. The highest BCUT2D eigenvalue weighted by Crippen LogP contribution is 2.23. The third-order valence-corrected chi connectivity index (χ3v) is 4.21. The number of pyridine rings is 1. The number of para-hydroxylation sites is 2. The normalized spacial score (nSPS) is 10.8. The Bertz CT molecular complexity index is 1090. The minimum Gasteiger partial charge on any atom is -0.463 e. The first kappa shape index (κ1) is 17.7. The first-order chi connectivity index (χ1) is 13.7. The largest absolute Gasteiger partial charge is 0.463 e. The molecule has 0 aliphatic rings. The molecule has 4 aromatic rings. The lowest BCUT2D eigenvalue weighted by molar-refractivity contribution is -0.116. The van der Waals surface area contributed by atoms with Crippen molar-refractivity contribution in [3.8, 4) is 17.3 Å². The van der Waals surface area contributed by atoms with Crippen LogP contribution in [0, 0.1) is 0 Å². The van der Waals surface area contributed by atoms with Crippen LogP contribution in [0.4, 0.5) is 10.1 Å². The van der Waals surface area contributed by atoms with E-state index < -0.39 is 6.86 Å². The van der Waals surface area contributed by atoms with Crippen LogP contribution in [0.25, 0.3) is 22.6 Å². The molecule has 2 aromatic carbocycles. The van der Waals surface area contributed by atoms with Gasteiger partial charge in [0.05, 0.1) is 11.0 Å². The second-order valence-electron chi connectivity index (χ2n) is 6.05. The molecule has 0 saturated carbocycles. The first-order valence-electron chi connectivity index (χ1n) is 8.70. The number of nitrogens with one attached hydrogen (secondary N) is 1. The summed E-state index contributed by atoms with van der Waals surface area (Å²) >= 11 is 0. The molecular formula is C21H17FN4O2. The number of nitrogens with zero attached hydrogens (tertiary/aromatic N) is 3. The fraction of sp³-hybridized carbons (Fsp3) is 0.0952. The molecule has 1 amide bonds.